The van der Waals surface area contributed by atoms with Crippen LogP contribution in [0.3, 0.4) is 0 Å². The molecule has 1 aliphatic heterocycles. The summed E-state index contributed by atoms with van der Waals surface area (Å²) < 4.78 is 0. The van der Waals surface area contributed by atoms with Gasteiger partial charge in [-0.05, 0) is 23.5 Å². The van der Waals surface area contributed by atoms with E-state index >= 15 is 0 Å². The van der Waals surface area contributed by atoms with Gasteiger partial charge < -0.3 is 16.0 Å². The standard InChI is InChI=1S/C16H23N3O2/c1-3-11(2)14(18-16(17)21)15(20)19-9-8-12-6-4-5-7-13(12)10-19/h4-7,11,14H,3,8-10H2,1-2H3,(H3,17,18,21)/t11-,14+/m1/s1. The van der Waals surface area contributed by atoms with E-state index in [1.807, 2.05) is 30.9 Å². The van der Waals surface area contributed by atoms with Crippen molar-refractivity contribution in [3.63, 3.8) is 0 Å². The van der Waals surface area contributed by atoms with Gasteiger partial charge in [0.25, 0.3) is 0 Å². The molecule has 21 heavy (non-hydrogen) atoms. The number of carbonyl (C=O) groups is 2. The number of rotatable bonds is 4. The summed E-state index contributed by atoms with van der Waals surface area (Å²) in [6, 6.07) is 6.97. The van der Waals surface area contributed by atoms with Gasteiger partial charge in [-0.15, -0.1) is 0 Å². The Bertz CT molecular complexity index is 530. The van der Waals surface area contributed by atoms with Gasteiger partial charge in [-0.25, -0.2) is 4.79 Å². The van der Waals surface area contributed by atoms with Gasteiger partial charge in [-0.1, -0.05) is 44.5 Å². The Balaban J connectivity index is 2.13. The van der Waals surface area contributed by atoms with E-state index in [0.29, 0.717) is 13.1 Å². The number of nitrogens with two attached hydrogens (primary N) is 1. The third-order valence-electron chi connectivity index (χ3n) is 4.22. The first kappa shape index (κ1) is 15.4. The maximum absolute atomic E-state index is 12.7. The predicted molar refractivity (Wildman–Crippen MR) is 81.5 cm³/mol. The molecule has 1 aromatic carbocycles. The molecule has 5 heteroatoms. The number of fused-ring (bicyclic) bond motifs is 1. The molecule has 0 spiro atoms. The second kappa shape index (κ2) is 6.61. The number of primary amides is 1. The lowest BCUT2D eigenvalue weighted by atomic mass is 9.95. The fourth-order valence-corrected chi connectivity index (χ4v) is 2.72. The number of hydrogen-bond donors (Lipinski definition) is 2. The molecule has 1 aliphatic rings. The summed E-state index contributed by atoms with van der Waals surface area (Å²) in [6.07, 6.45) is 1.66. The summed E-state index contributed by atoms with van der Waals surface area (Å²) in [5.41, 5.74) is 7.68. The molecule has 0 unspecified atom stereocenters. The lowest BCUT2D eigenvalue weighted by Crippen LogP contribution is -2.53. The Morgan fingerprint density at radius 1 is 1.33 bits per heavy atom. The fraction of sp³-hybridized carbons (Fsp3) is 0.500. The van der Waals surface area contributed by atoms with E-state index in [4.69, 9.17) is 5.73 Å². The van der Waals surface area contributed by atoms with E-state index < -0.39 is 12.1 Å². The van der Waals surface area contributed by atoms with Crippen LogP contribution in [0.15, 0.2) is 24.3 Å². The first-order chi connectivity index (χ1) is 10.0. The summed E-state index contributed by atoms with van der Waals surface area (Å²) in [7, 11) is 0. The maximum atomic E-state index is 12.7. The topological polar surface area (TPSA) is 75.4 Å². The molecule has 0 bridgehead atoms. The smallest absolute Gasteiger partial charge is 0.312 e. The lowest BCUT2D eigenvalue weighted by molar-refractivity contribution is -0.135. The number of nitrogens with one attached hydrogen (secondary N) is 1. The zero-order chi connectivity index (χ0) is 15.4. The molecule has 2 rings (SSSR count). The van der Waals surface area contributed by atoms with Crippen molar-refractivity contribution >= 4 is 11.9 Å². The van der Waals surface area contributed by atoms with Crippen molar-refractivity contribution in [3.05, 3.63) is 35.4 Å². The molecule has 3 amide bonds. The molecule has 1 heterocycles. The van der Waals surface area contributed by atoms with Gasteiger partial charge in [0, 0.05) is 13.1 Å². The van der Waals surface area contributed by atoms with Gasteiger partial charge in [0.2, 0.25) is 5.91 Å². The maximum Gasteiger partial charge on any atom is 0.312 e. The predicted octanol–water partition coefficient (Wildman–Crippen LogP) is 1.65. The van der Waals surface area contributed by atoms with Crippen LogP contribution in [0.25, 0.3) is 0 Å². The van der Waals surface area contributed by atoms with Crippen LogP contribution >= 0.6 is 0 Å². The molecule has 0 aromatic heterocycles. The van der Waals surface area contributed by atoms with Crippen molar-refractivity contribution < 1.29 is 9.59 Å². The Kier molecular flexibility index (Phi) is 4.83. The van der Waals surface area contributed by atoms with Gasteiger partial charge in [0.15, 0.2) is 0 Å². The van der Waals surface area contributed by atoms with E-state index in [1.165, 1.54) is 11.1 Å². The highest BCUT2D eigenvalue weighted by atomic mass is 16.2. The molecule has 3 N–H and O–H groups in total. The van der Waals surface area contributed by atoms with Crippen LogP contribution in [0, 0.1) is 5.92 Å². The molecule has 0 saturated carbocycles. The van der Waals surface area contributed by atoms with Crippen molar-refractivity contribution in [3.8, 4) is 0 Å². The van der Waals surface area contributed by atoms with E-state index in [-0.39, 0.29) is 11.8 Å². The number of urea groups is 1. The third-order valence-corrected chi connectivity index (χ3v) is 4.22. The average Bonchev–Trinajstić information content (AvgIpc) is 2.50. The Morgan fingerprint density at radius 3 is 2.62 bits per heavy atom. The molecule has 114 valence electrons. The minimum atomic E-state index is -0.647. The van der Waals surface area contributed by atoms with Crippen LogP contribution < -0.4 is 11.1 Å². The van der Waals surface area contributed by atoms with E-state index in [0.717, 1.165) is 12.8 Å². The molecular formula is C16H23N3O2. The van der Waals surface area contributed by atoms with Crippen LogP contribution in [-0.2, 0) is 17.8 Å². The van der Waals surface area contributed by atoms with Gasteiger partial charge in [-0.3, -0.25) is 4.79 Å². The Labute approximate surface area is 125 Å². The molecule has 0 fully saturated rings. The number of nitrogens with zero attached hydrogens (tertiary/aromatic N) is 1. The lowest BCUT2D eigenvalue weighted by Gasteiger charge is -2.33. The number of amides is 3. The minimum absolute atomic E-state index is 0.0438. The molecule has 0 aliphatic carbocycles. The highest BCUT2D eigenvalue weighted by molar-refractivity contribution is 5.87. The highest BCUT2D eigenvalue weighted by Crippen LogP contribution is 2.20. The van der Waals surface area contributed by atoms with Gasteiger partial charge in [-0.2, -0.15) is 0 Å². The zero-order valence-electron chi connectivity index (χ0n) is 12.6. The largest absolute Gasteiger partial charge is 0.352 e. The van der Waals surface area contributed by atoms with E-state index in [2.05, 4.69) is 17.4 Å². The summed E-state index contributed by atoms with van der Waals surface area (Å²) in [4.78, 5) is 25.7. The summed E-state index contributed by atoms with van der Waals surface area (Å²) in [5, 5.41) is 2.60. The van der Waals surface area contributed by atoms with Crippen LogP contribution in [0.5, 0.6) is 0 Å². The Hall–Kier alpha value is -2.04. The Morgan fingerprint density at radius 2 is 2.00 bits per heavy atom. The van der Waals surface area contributed by atoms with Crippen LogP contribution in [-0.4, -0.2) is 29.4 Å². The molecule has 0 saturated heterocycles. The molecule has 1 aromatic rings. The van der Waals surface area contributed by atoms with Gasteiger partial charge in [0.1, 0.15) is 6.04 Å². The zero-order valence-corrected chi connectivity index (χ0v) is 12.6. The third kappa shape index (κ3) is 3.54. The van der Waals surface area contributed by atoms with Crippen LogP contribution in [0.1, 0.15) is 31.4 Å². The van der Waals surface area contributed by atoms with Gasteiger partial charge >= 0.3 is 6.03 Å². The first-order valence-corrected chi connectivity index (χ1v) is 7.44. The molecule has 2 atom stereocenters. The van der Waals surface area contributed by atoms with Crippen LogP contribution in [0.2, 0.25) is 0 Å². The molecular weight excluding hydrogens is 266 g/mol. The summed E-state index contributed by atoms with van der Waals surface area (Å²) in [6.45, 7) is 5.24. The second-order valence-corrected chi connectivity index (χ2v) is 5.65. The average molecular weight is 289 g/mol. The van der Waals surface area contributed by atoms with Crippen LogP contribution in [0.4, 0.5) is 4.79 Å². The van der Waals surface area contributed by atoms with Crippen molar-refractivity contribution in [2.24, 2.45) is 11.7 Å². The SMILES string of the molecule is CC[C@@H](C)[C@H](NC(N)=O)C(=O)N1CCc2ccccc2C1. The normalized spacial score (nSPS) is 16.8. The monoisotopic (exact) mass is 289 g/mol. The summed E-state index contributed by atoms with van der Waals surface area (Å²) in [5.74, 6) is 0.0137. The summed E-state index contributed by atoms with van der Waals surface area (Å²) >= 11 is 0. The van der Waals surface area contributed by atoms with Crippen molar-refractivity contribution in [2.45, 2.75) is 39.3 Å². The number of benzene rings is 1. The van der Waals surface area contributed by atoms with Crippen molar-refractivity contribution in [2.75, 3.05) is 6.54 Å². The fourth-order valence-electron chi connectivity index (χ4n) is 2.72. The number of hydrogen-bond acceptors (Lipinski definition) is 2. The van der Waals surface area contributed by atoms with Gasteiger partial charge in [0.05, 0.1) is 0 Å². The quantitative estimate of drug-likeness (QED) is 0.884. The first-order valence-electron chi connectivity index (χ1n) is 7.44. The van der Waals surface area contributed by atoms with Crippen molar-refractivity contribution in [1.82, 2.24) is 10.2 Å². The molecule has 5 nitrogen and oxygen atoms in total. The van der Waals surface area contributed by atoms with E-state index in [9.17, 15) is 9.59 Å². The van der Waals surface area contributed by atoms with E-state index in [1.54, 1.807) is 0 Å². The molecule has 0 radical (unpaired) electrons. The highest BCUT2D eigenvalue weighted by Gasteiger charge is 2.31. The number of carbonyl (C=O) groups excluding carboxylic acids is 2. The minimum Gasteiger partial charge on any atom is -0.352 e. The van der Waals surface area contributed by atoms with Crippen molar-refractivity contribution in [1.29, 1.82) is 0 Å². The second-order valence-electron chi connectivity index (χ2n) is 5.65.